The first-order chi connectivity index (χ1) is 19.1. The molecule has 0 radical (unpaired) electrons. The number of aromatic nitrogens is 5. The third-order valence-electron chi connectivity index (χ3n) is 7.38. The Labute approximate surface area is 230 Å². The van der Waals surface area contributed by atoms with Gasteiger partial charge in [0.15, 0.2) is 5.82 Å². The van der Waals surface area contributed by atoms with Gasteiger partial charge < -0.3 is 10.3 Å². The number of hydrogen-bond acceptors (Lipinski definition) is 5. The van der Waals surface area contributed by atoms with Crippen molar-refractivity contribution in [1.82, 2.24) is 30.5 Å². The zero-order chi connectivity index (χ0) is 26.9. The molecule has 8 heteroatoms. The van der Waals surface area contributed by atoms with Crippen LogP contribution < -0.4 is 5.32 Å². The number of hydrogen-bond donors (Lipinski definition) is 3. The van der Waals surface area contributed by atoms with Crippen LogP contribution in [0.3, 0.4) is 0 Å². The van der Waals surface area contributed by atoms with Gasteiger partial charge in [-0.15, -0.1) is 0 Å². The standard InChI is InChI=1S/C31H29FN6S/c1-4-19(14-22(5-2)34-18(3)20-8-6-7-9-20)23-15-24-27(16-25(23)32)37-38-29(24)31-35-26-10-12-33-28(30(26)36-31)21-11-13-39-17-21/h4-5,10-17,20,34H,2-3,6-9H2,1H3,(H,35,36)(H,37,38)/b19-4+,22-14+. The number of fused-ring (bicyclic) bond motifs is 2. The van der Waals surface area contributed by atoms with Crippen molar-refractivity contribution in [1.29, 1.82) is 0 Å². The molecule has 3 N–H and O–H groups in total. The van der Waals surface area contributed by atoms with Gasteiger partial charge >= 0.3 is 0 Å². The number of allylic oxidation sites excluding steroid dienone is 5. The fourth-order valence-corrected chi connectivity index (χ4v) is 5.93. The number of pyridine rings is 1. The first kappa shape index (κ1) is 25.0. The number of nitrogens with one attached hydrogen (secondary N) is 3. The molecule has 1 fully saturated rings. The molecule has 1 aliphatic carbocycles. The van der Waals surface area contributed by atoms with E-state index in [-0.39, 0.29) is 5.82 Å². The zero-order valence-corrected chi connectivity index (χ0v) is 22.5. The average molecular weight is 537 g/mol. The molecule has 0 spiro atoms. The first-order valence-electron chi connectivity index (χ1n) is 13.1. The zero-order valence-electron chi connectivity index (χ0n) is 21.7. The van der Waals surface area contributed by atoms with Gasteiger partial charge in [0.05, 0.1) is 16.7 Å². The van der Waals surface area contributed by atoms with Gasteiger partial charge in [-0.3, -0.25) is 10.1 Å². The molecule has 6 rings (SSSR count). The molecule has 6 nitrogen and oxygen atoms in total. The SMILES string of the molecule is C=C/C(=C\C(=C/C)c1cc2c(-c3nc4c(-c5ccsc5)nccc4[nH]3)n[nH]c2cc1F)NC(=C)C1CCCC1. The van der Waals surface area contributed by atoms with E-state index in [2.05, 4.69) is 44.0 Å². The Morgan fingerprint density at radius 2 is 2.03 bits per heavy atom. The van der Waals surface area contributed by atoms with Gasteiger partial charge in [-0.2, -0.15) is 16.4 Å². The van der Waals surface area contributed by atoms with E-state index in [0.29, 0.717) is 28.5 Å². The Morgan fingerprint density at radius 3 is 2.77 bits per heavy atom. The van der Waals surface area contributed by atoms with Crippen LogP contribution in [0.4, 0.5) is 4.39 Å². The third kappa shape index (κ3) is 4.72. The van der Waals surface area contributed by atoms with Crippen LogP contribution in [0.25, 0.3) is 50.3 Å². The Morgan fingerprint density at radius 1 is 1.18 bits per heavy atom. The summed E-state index contributed by atoms with van der Waals surface area (Å²) in [5.41, 5.74) is 7.66. The molecular formula is C31H29FN6S. The third-order valence-corrected chi connectivity index (χ3v) is 8.06. The monoisotopic (exact) mass is 536 g/mol. The lowest BCUT2D eigenvalue weighted by molar-refractivity contribution is 0.607. The second-order valence-corrected chi connectivity index (χ2v) is 10.6. The quantitative estimate of drug-likeness (QED) is 0.175. The number of imidazole rings is 1. The molecule has 39 heavy (non-hydrogen) atoms. The van der Waals surface area contributed by atoms with Crippen LogP contribution in [0.15, 0.2) is 84.0 Å². The molecule has 1 aliphatic rings. The number of rotatable bonds is 8. The lowest BCUT2D eigenvalue weighted by Crippen LogP contribution is -2.16. The maximum absolute atomic E-state index is 15.4. The van der Waals surface area contributed by atoms with Crippen LogP contribution in [-0.4, -0.2) is 25.1 Å². The number of aromatic amines is 2. The summed E-state index contributed by atoms with van der Waals surface area (Å²) in [6.45, 7) is 10.1. The highest BCUT2D eigenvalue weighted by Gasteiger charge is 2.20. The molecule has 0 unspecified atom stereocenters. The Hall–Kier alpha value is -4.30. The normalized spacial score (nSPS) is 14.9. The van der Waals surface area contributed by atoms with E-state index in [1.165, 1.54) is 18.9 Å². The van der Waals surface area contributed by atoms with Crippen molar-refractivity contribution in [3.05, 3.63) is 95.4 Å². The molecule has 0 aliphatic heterocycles. The number of benzene rings is 1. The minimum Gasteiger partial charge on any atom is -0.359 e. The molecule has 196 valence electrons. The molecule has 0 atom stereocenters. The van der Waals surface area contributed by atoms with Gasteiger partial charge in [0.1, 0.15) is 17.0 Å². The molecule has 1 saturated carbocycles. The summed E-state index contributed by atoms with van der Waals surface area (Å²) >= 11 is 1.62. The van der Waals surface area contributed by atoms with Gasteiger partial charge in [-0.25, -0.2) is 9.37 Å². The van der Waals surface area contributed by atoms with Crippen molar-refractivity contribution in [2.45, 2.75) is 32.6 Å². The van der Waals surface area contributed by atoms with Gasteiger partial charge in [0.2, 0.25) is 0 Å². The maximum Gasteiger partial charge on any atom is 0.159 e. The second-order valence-electron chi connectivity index (χ2n) is 9.78. The Kier molecular flexibility index (Phi) is 6.70. The summed E-state index contributed by atoms with van der Waals surface area (Å²) in [4.78, 5) is 12.8. The fourth-order valence-electron chi connectivity index (χ4n) is 5.29. The average Bonchev–Trinajstić information content (AvgIpc) is 3.76. The molecule has 4 aromatic heterocycles. The molecule has 0 bridgehead atoms. The van der Waals surface area contributed by atoms with E-state index in [0.717, 1.165) is 57.5 Å². The van der Waals surface area contributed by atoms with Gasteiger partial charge in [0, 0.05) is 45.6 Å². The fraction of sp³-hybridized carbons (Fsp3) is 0.194. The van der Waals surface area contributed by atoms with Crippen molar-refractivity contribution in [2.24, 2.45) is 5.92 Å². The van der Waals surface area contributed by atoms with Gasteiger partial charge in [-0.1, -0.05) is 32.1 Å². The van der Waals surface area contributed by atoms with Gasteiger partial charge in [-0.05, 0) is 67.0 Å². The van der Waals surface area contributed by atoms with E-state index in [1.54, 1.807) is 23.6 Å². The topological polar surface area (TPSA) is 82.3 Å². The smallest absolute Gasteiger partial charge is 0.159 e. The summed E-state index contributed by atoms with van der Waals surface area (Å²) in [5, 5.41) is 15.7. The number of nitrogens with zero attached hydrogens (tertiary/aromatic N) is 3. The molecule has 4 heterocycles. The number of halogens is 1. The van der Waals surface area contributed by atoms with E-state index in [9.17, 15) is 0 Å². The van der Waals surface area contributed by atoms with Crippen molar-refractivity contribution in [2.75, 3.05) is 0 Å². The van der Waals surface area contributed by atoms with Crippen molar-refractivity contribution < 1.29 is 4.39 Å². The highest BCUT2D eigenvalue weighted by Crippen LogP contribution is 2.34. The number of thiophene rings is 1. The predicted octanol–water partition coefficient (Wildman–Crippen LogP) is 8.14. The molecule has 0 amide bonds. The minimum atomic E-state index is -0.339. The molecule has 5 aromatic rings. The van der Waals surface area contributed by atoms with Crippen LogP contribution in [-0.2, 0) is 0 Å². The Balaban J connectivity index is 1.38. The lowest BCUT2D eigenvalue weighted by Gasteiger charge is -2.17. The highest BCUT2D eigenvalue weighted by molar-refractivity contribution is 7.08. The largest absolute Gasteiger partial charge is 0.359 e. The maximum atomic E-state index is 15.4. The summed E-state index contributed by atoms with van der Waals surface area (Å²) in [6.07, 6.45) is 12.1. The van der Waals surface area contributed by atoms with Gasteiger partial charge in [0.25, 0.3) is 0 Å². The minimum absolute atomic E-state index is 0.339. The predicted molar refractivity (Wildman–Crippen MR) is 158 cm³/mol. The summed E-state index contributed by atoms with van der Waals surface area (Å²) in [7, 11) is 0. The van der Waals surface area contributed by atoms with Crippen LogP contribution >= 0.6 is 11.3 Å². The Bertz CT molecular complexity index is 1750. The highest BCUT2D eigenvalue weighted by atomic mass is 32.1. The lowest BCUT2D eigenvalue weighted by atomic mass is 10.00. The van der Waals surface area contributed by atoms with Crippen molar-refractivity contribution >= 4 is 38.8 Å². The number of H-pyrrole nitrogens is 2. The second kappa shape index (κ2) is 10.5. The van der Waals surface area contributed by atoms with Crippen molar-refractivity contribution in [3.63, 3.8) is 0 Å². The van der Waals surface area contributed by atoms with E-state index in [1.807, 2.05) is 42.7 Å². The van der Waals surface area contributed by atoms with E-state index < -0.39 is 0 Å². The summed E-state index contributed by atoms with van der Waals surface area (Å²) < 4.78 is 15.4. The molecule has 0 saturated heterocycles. The van der Waals surface area contributed by atoms with E-state index in [4.69, 9.17) is 4.98 Å². The summed E-state index contributed by atoms with van der Waals surface area (Å²) in [5.74, 6) is 0.717. The van der Waals surface area contributed by atoms with Crippen molar-refractivity contribution in [3.8, 4) is 22.8 Å². The van der Waals surface area contributed by atoms with Crippen LogP contribution in [0.2, 0.25) is 0 Å². The van der Waals surface area contributed by atoms with Crippen LogP contribution in [0.5, 0.6) is 0 Å². The first-order valence-corrected chi connectivity index (χ1v) is 14.0. The molecule has 1 aromatic carbocycles. The summed E-state index contributed by atoms with van der Waals surface area (Å²) in [6, 6.07) is 7.24. The molecular weight excluding hydrogens is 507 g/mol. The van der Waals surface area contributed by atoms with Crippen LogP contribution in [0.1, 0.15) is 38.2 Å². The van der Waals surface area contributed by atoms with E-state index >= 15 is 4.39 Å². The van der Waals surface area contributed by atoms with Crippen LogP contribution in [0, 0.1) is 11.7 Å².